The van der Waals surface area contributed by atoms with E-state index in [0.29, 0.717) is 18.2 Å². The summed E-state index contributed by atoms with van der Waals surface area (Å²) in [6.45, 7) is 0. The van der Waals surface area contributed by atoms with E-state index in [1.54, 1.807) is 6.20 Å². The maximum Gasteiger partial charge on any atom is 0.307 e. The molecule has 1 saturated carbocycles. The topological polar surface area (TPSA) is 64.1 Å². The number of carbonyl (C=O) groups excluding carboxylic acids is 1. The molecule has 0 bridgehead atoms. The molecule has 1 heterocycles. The summed E-state index contributed by atoms with van der Waals surface area (Å²) in [6.07, 6.45) is 5.48. The number of anilines is 1. The molecule has 1 aromatic heterocycles. The summed E-state index contributed by atoms with van der Waals surface area (Å²) in [4.78, 5) is 19.6. The van der Waals surface area contributed by atoms with Gasteiger partial charge in [0.25, 0.3) is 0 Å². The average molecular weight is 396 g/mol. The minimum Gasteiger partial charge on any atom is -0.469 e. The fraction of sp³-hybridized carbons (Fsp3) is 0.583. The zero-order chi connectivity index (χ0) is 13.8. The van der Waals surface area contributed by atoms with Crippen LogP contribution < -0.4 is 5.32 Å². The van der Waals surface area contributed by atoms with E-state index in [1.807, 2.05) is 0 Å². The minimum absolute atomic E-state index is 0.0423. The smallest absolute Gasteiger partial charge is 0.307 e. The van der Waals surface area contributed by atoms with Crippen LogP contribution in [0.3, 0.4) is 0 Å². The van der Waals surface area contributed by atoms with Gasteiger partial charge in [-0.2, -0.15) is 4.98 Å². The number of ether oxygens (including phenoxy) is 1. The number of hydrogen-bond donors (Lipinski definition) is 1. The normalized spacial score (nSPS) is 16.6. The van der Waals surface area contributed by atoms with Crippen LogP contribution in [-0.2, 0) is 9.53 Å². The third-order valence-corrected chi connectivity index (χ3v) is 4.34. The Hall–Kier alpha value is -0.630. The maximum atomic E-state index is 11.5. The molecule has 1 aromatic rings. The number of nitrogens with zero attached hydrogens (tertiary/aromatic N) is 2. The molecule has 19 heavy (non-hydrogen) atoms. The fourth-order valence-corrected chi connectivity index (χ4v) is 2.61. The first-order chi connectivity index (χ1) is 9.10. The predicted molar refractivity (Wildman–Crippen MR) is 81.1 cm³/mol. The molecule has 0 aliphatic heterocycles. The van der Waals surface area contributed by atoms with Crippen LogP contribution in [0.5, 0.6) is 0 Å². The summed E-state index contributed by atoms with van der Waals surface area (Å²) in [5.74, 6) is 0.963. The zero-order valence-corrected chi connectivity index (χ0v) is 13.4. The van der Waals surface area contributed by atoms with E-state index in [4.69, 9.17) is 16.3 Å². The molecule has 1 aliphatic carbocycles. The third kappa shape index (κ3) is 3.92. The highest BCUT2D eigenvalue weighted by atomic mass is 127. The Balaban J connectivity index is 2.10. The second-order valence-corrected chi connectivity index (χ2v) is 6.06. The summed E-state index contributed by atoms with van der Waals surface area (Å²) >= 11 is 7.95. The van der Waals surface area contributed by atoms with Gasteiger partial charge in [0.05, 0.1) is 17.1 Å². The number of nitrogens with one attached hydrogen (secondary N) is 1. The molecule has 1 fully saturated rings. The van der Waals surface area contributed by atoms with Crippen LogP contribution in [-0.4, -0.2) is 29.1 Å². The molecule has 0 amide bonds. The van der Waals surface area contributed by atoms with Gasteiger partial charge in [0.1, 0.15) is 5.82 Å². The molecular formula is C12H15ClIN3O2. The van der Waals surface area contributed by atoms with Gasteiger partial charge in [-0.05, 0) is 53.0 Å². The molecule has 0 aromatic carbocycles. The number of aromatic nitrogens is 2. The quantitative estimate of drug-likeness (QED) is 0.472. The standard InChI is InChI=1S/C12H15ClIN3O2/c1-19-10(18)5-9(7-3-2-4-7)16-11-8(14)6-15-12(13)17-11/h6-7,9H,2-5H2,1H3,(H,15,16,17). The lowest BCUT2D eigenvalue weighted by atomic mass is 9.78. The van der Waals surface area contributed by atoms with Crippen LogP contribution in [0.4, 0.5) is 5.82 Å². The molecule has 0 spiro atoms. The Kier molecular flexibility index (Phi) is 5.20. The Morgan fingerprint density at radius 3 is 3.00 bits per heavy atom. The van der Waals surface area contributed by atoms with Gasteiger partial charge < -0.3 is 10.1 Å². The van der Waals surface area contributed by atoms with Crippen LogP contribution in [0.2, 0.25) is 5.28 Å². The minimum atomic E-state index is -0.209. The van der Waals surface area contributed by atoms with Gasteiger partial charge in [-0.1, -0.05) is 6.42 Å². The van der Waals surface area contributed by atoms with Crippen molar-refractivity contribution in [2.24, 2.45) is 5.92 Å². The van der Waals surface area contributed by atoms with Crippen molar-refractivity contribution >= 4 is 46.0 Å². The summed E-state index contributed by atoms with van der Waals surface area (Å²) in [5, 5.41) is 3.51. The first-order valence-corrected chi connectivity index (χ1v) is 7.57. The molecular weight excluding hydrogens is 381 g/mol. The lowest BCUT2D eigenvalue weighted by molar-refractivity contribution is -0.141. The number of rotatable bonds is 5. The first-order valence-electron chi connectivity index (χ1n) is 6.11. The Morgan fingerprint density at radius 2 is 2.42 bits per heavy atom. The van der Waals surface area contributed by atoms with Crippen LogP contribution in [0, 0.1) is 9.49 Å². The number of carbonyl (C=O) groups is 1. The van der Waals surface area contributed by atoms with Gasteiger partial charge in [0, 0.05) is 12.2 Å². The molecule has 1 atom stereocenters. The molecule has 104 valence electrons. The van der Waals surface area contributed by atoms with Crippen molar-refractivity contribution in [1.29, 1.82) is 0 Å². The SMILES string of the molecule is COC(=O)CC(Nc1nc(Cl)ncc1I)C1CCC1. The average Bonchev–Trinajstić information content (AvgIpc) is 2.31. The van der Waals surface area contributed by atoms with E-state index in [1.165, 1.54) is 13.5 Å². The second kappa shape index (κ2) is 6.69. The van der Waals surface area contributed by atoms with E-state index in [9.17, 15) is 4.79 Å². The second-order valence-electron chi connectivity index (χ2n) is 4.56. The van der Waals surface area contributed by atoms with Crippen molar-refractivity contribution in [2.45, 2.75) is 31.7 Å². The predicted octanol–water partition coefficient (Wildman–Crippen LogP) is 2.88. The summed E-state index contributed by atoms with van der Waals surface area (Å²) in [7, 11) is 1.41. The molecule has 1 unspecified atom stereocenters. The highest BCUT2D eigenvalue weighted by Gasteiger charge is 2.30. The van der Waals surface area contributed by atoms with Gasteiger partial charge >= 0.3 is 5.97 Å². The first kappa shape index (κ1) is 14.8. The molecule has 2 rings (SSSR count). The highest BCUT2D eigenvalue weighted by molar-refractivity contribution is 14.1. The van der Waals surface area contributed by atoms with Crippen molar-refractivity contribution in [2.75, 3.05) is 12.4 Å². The van der Waals surface area contributed by atoms with Crippen molar-refractivity contribution in [3.05, 3.63) is 15.1 Å². The van der Waals surface area contributed by atoms with E-state index in [-0.39, 0.29) is 17.3 Å². The van der Waals surface area contributed by atoms with Crippen LogP contribution in [0.1, 0.15) is 25.7 Å². The lowest BCUT2D eigenvalue weighted by Gasteiger charge is -2.34. The van der Waals surface area contributed by atoms with E-state index in [2.05, 4.69) is 37.9 Å². The van der Waals surface area contributed by atoms with Gasteiger partial charge in [0.15, 0.2) is 0 Å². The number of halogens is 2. The van der Waals surface area contributed by atoms with Gasteiger partial charge in [0.2, 0.25) is 5.28 Å². The molecule has 1 aliphatic rings. The fourth-order valence-electron chi connectivity index (χ4n) is 2.06. The van der Waals surface area contributed by atoms with Gasteiger partial charge in [-0.15, -0.1) is 0 Å². The Labute approximate surface area is 130 Å². The molecule has 0 saturated heterocycles. The van der Waals surface area contributed by atoms with Crippen LogP contribution in [0.25, 0.3) is 0 Å². The van der Waals surface area contributed by atoms with E-state index < -0.39 is 0 Å². The van der Waals surface area contributed by atoms with Gasteiger partial charge in [-0.3, -0.25) is 4.79 Å². The summed E-state index contributed by atoms with van der Waals surface area (Å²) < 4.78 is 5.64. The molecule has 7 heteroatoms. The molecule has 0 radical (unpaired) electrons. The largest absolute Gasteiger partial charge is 0.469 e. The Bertz CT molecular complexity index is 468. The highest BCUT2D eigenvalue weighted by Crippen LogP contribution is 2.33. The number of methoxy groups -OCH3 is 1. The summed E-state index contributed by atoms with van der Waals surface area (Å²) in [5.41, 5.74) is 0. The van der Waals surface area contributed by atoms with Crippen LogP contribution in [0.15, 0.2) is 6.20 Å². The van der Waals surface area contributed by atoms with Crippen molar-refractivity contribution < 1.29 is 9.53 Å². The van der Waals surface area contributed by atoms with Crippen molar-refractivity contribution in [3.8, 4) is 0 Å². The van der Waals surface area contributed by atoms with Gasteiger partial charge in [-0.25, -0.2) is 4.98 Å². The summed E-state index contributed by atoms with van der Waals surface area (Å²) in [6, 6.07) is 0.0423. The zero-order valence-electron chi connectivity index (χ0n) is 10.5. The van der Waals surface area contributed by atoms with Crippen LogP contribution >= 0.6 is 34.2 Å². The number of esters is 1. The van der Waals surface area contributed by atoms with Crippen molar-refractivity contribution in [3.63, 3.8) is 0 Å². The molecule has 5 nitrogen and oxygen atoms in total. The van der Waals surface area contributed by atoms with E-state index >= 15 is 0 Å². The maximum absolute atomic E-state index is 11.5. The van der Waals surface area contributed by atoms with Crippen molar-refractivity contribution in [1.82, 2.24) is 9.97 Å². The lowest BCUT2D eigenvalue weighted by Crippen LogP contribution is -2.36. The third-order valence-electron chi connectivity index (χ3n) is 3.37. The van der Waals surface area contributed by atoms with E-state index in [0.717, 1.165) is 16.4 Å². The number of hydrogen-bond acceptors (Lipinski definition) is 5. The molecule has 1 N–H and O–H groups in total. The monoisotopic (exact) mass is 395 g/mol. The Morgan fingerprint density at radius 1 is 1.68 bits per heavy atom.